The van der Waals surface area contributed by atoms with Crippen molar-refractivity contribution in [2.45, 2.75) is 11.0 Å². The zero-order valence-corrected chi connectivity index (χ0v) is 17.2. The number of carbonyl (C=O) groups excluding carboxylic acids is 1. The largest absolute Gasteiger partial charge is 0.491 e. The predicted molar refractivity (Wildman–Crippen MR) is 112 cm³/mol. The van der Waals surface area contributed by atoms with Crippen LogP contribution in [0.1, 0.15) is 10.5 Å². The summed E-state index contributed by atoms with van der Waals surface area (Å²) in [6.45, 7) is 0.311. The van der Waals surface area contributed by atoms with Crippen molar-refractivity contribution in [2.75, 3.05) is 32.0 Å². The highest BCUT2D eigenvalue weighted by atomic mass is 32.2. The Hall–Kier alpha value is -3.15. The van der Waals surface area contributed by atoms with Gasteiger partial charge in [-0.05, 0) is 24.3 Å². The molecule has 5 N–H and O–H groups in total. The fourth-order valence-corrected chi connectivity index (χ4v) is 5.33. The first-order chi connectivity index (χ1) is 14.8. The number of halogens is 1. The molecule has 1 fully saturated rings. The van der Waals surface area contributed by atoms with Crippen molar-refractivity contribution in [3.8, 4) is 5.75 Å². The zero-order valence-electron chi connectivity index (χ0n) is 16.4. The zero-order chi connectivity index (χ0) is 22.2. The Morgan fingerprint density at radius 3 is 2.74 bits per heavy atom. The highest BCUT2D eigenvalue weighted by Crippen LogP contribution is 2.33. The van der Waals surface area contributed by atoms with Crippen LogP contribution in [0.3, 0.4) is 0 Å². The predicted octanol–water partition coefficient (Wildman–Crippen LogP) is 1.46. The van der Waals surface area contributed by atoms with E-state index in [1.165, 1.54) is 4.31 Å². The van der Waals surface area contributed by atoms with E-state index in [4.69, 9.17) is 20.9 Å². The summed E-state index contributed by atoms with van der Waals surface area (Å²) in [6, 6.07) is 11.1. The second-order valence-corrected chi connectivity index (χ2v) is 8.97. The fourth-order valence-electron chi connectivity index (χ4n) is 3.55. The normalized spacial score (nSPS) is 17.6. The SMILES string of the molecule is NC(=O)c1[nH]c2c(N)cc(F)cc2c1S(=O)(=O)N1CCOC(COc2ccccc2)C1. The maximum atomic E-state index is 14.0. The van der Waals surface area contributed by atoms with Gasteiger partial charge in [-0.1, -0.05) is 18.2 Å². The summed E-state index contributed by atoms with van der Waals surface area (Å²) in [5.41, 5.74) is 11.0. The van der Waals surface area contributed by atoms with Crippen molar-refractivity contribution in [2.24, 2.45) is 5.73 Å². The van der Waals surface area contributed by atoms with Crippen molar-refractivity contribution in [1.82, 2.24) is 9.29 Å². The van der Waals surface area contributed by atoms with Gasteiger partial charge in [-0.15, -0.1) is 0 Å². The van der Waals surface area contributed by atoms with E-state index in [1.807, 2.05) is 18.2 Å². The number of aromatic nitrogens is 1. The molecule has 1 amide bonds. The van der Waals surface area contributed by atoms with Gasteiger partial charge in [0.25, 0.3) is 5.91 Å². The molecule has 1 aliphatic heterocycles. The number of para-hydroxylation sites is 1. The Labute approximate surface area is 177 Å². The fraction of sp³-hybridized carbons (Fsp3) is 0.250. The van der Waals surface area contributed by atoms with Gasteiger partial charge < -0.3 is 25.9 Å². The average Bonchev–Trinajstić information content (AvgIpc) is 3.14. The molecule has 1 saturated heterocycles. The Balaban J connectivity index is 1.65. The number of primary amides is 1. The van der Waals surface area contributed by atoms with Gasteiger partial charge in [-0.2, -0.15) is 4.31 Å². The second-order valence-electron chi connectivity index (χ2n) is 7.09. The number of rotatable bonds is 6. The Bertz CT molecular complexity index is 1230. The summed E-state index contributed by atoms with van der Waals surface area (Å²) in [5.74, 6) is -1.09. The minimum absolute atomic E-state index is 0.00909. The second kappa shape index (κ2) is 8.17. The van der Waals surface area contributed by atoms with Crippen LogP contribution in [-0.2, 0) is 14.8 Å². The number of nitrogens with two attached hydrogens (primary N) is 2. The van der Waals surface area contributed by atoms with E-state index in [1.54, 1.807) is 12.1 Å². The van der Waals surface area contributed by atoms with Crippen molar-refractivity contribution in [3.63, 3.8) is 0 Å². The van der Waals surface area contributed by atoms with E-state index < -0.39 is 32.7 Å². The number of benzene rings is 2. The van der Waals surface area contributed by atoms with Crippen molar-refractivity contribution in [1.29, 1.82) is 0 Å². The lowest BCUT2D eigenvalue weighted by Gasteiger charge is -2.32. The summed E-state index contributed by atoms with van der Waals surface area (Å²) >= 11 is 0. The molecule has 1 aliphatic rings. The number of amides is 1. The number of H-pyrrole nitrogens is 1. The number of morpholine rings is 1. The molecule has 1 atom stereocenters. The molecule has 4 rings (SSSR count). The summed E-state index contributed by atoms with van der Waals surface area (Å²) in [5, 5.41) is -0.0325. The highest BCUT2D eigenvalue weighted by Gasteiger charge is 2.36. The number of carbonyl (C=O) groups is 1. The Morgan fingerprint density at radius 2 is 2.03 bits per heavy atom. The number of nitrogen functional groups attached to an aromatic ring is 1. The van der Waals surface area contributed by atoms with Gasteiger partial charge in [0.2, 0.25) is 10.0 Å². The first-order valence-corrected chi connectivity index (χ1v) is 10.9. The summed E-state index contributed by atoms with van der Waals surface area (Å²) in [6.07, 6.45) is -0.534. The molecule has 1 aromatic heterocycles. The van der Waals surface area contributed by atoms with E-state index in [-0.39, 0.29) is 48.6 Å². The van der Waals surface area contributed by atoms with Crippen LogP contribution in [0.25, 0.3) is 10.9 Å². The Morgan fingerprint density at radius 1 is 1.29 bits per heavy atom. The lowest BCUT2D eigenvalue weighted by Crippen LogP contribution is -2.47. The molecule has 3 aromatic rings. The number of nitrogens with one attached hydrogen (secondary N) is 1. The summed E-state index contributed by atoms with van der Waals surface area (Å²) in [7, 11) is -4.23. The van der Waals surface area contributed by atoms with Gasteiger partial charge in [-0.25, -0.2) is 12.8 Å². The molecule has 31 heavy (non-hydrogen) atoms. The molecule has 0 spiro atoms. The molecule has 0 saturated carbocycles. The van der Waals surface area contributed by atoms with Gasteiger partial charge in [-0.3, -0.25) is 4.79 Å². The molecule has 0 bridgehead atoms. The van der Waals surface area contributed by atoms with Crippen LogP contribution in [0.4, 0.5) is 10.1 Å². The number of nitrogens with zero attached hydrogens (tertiary/aromatic N) is 1. The van der Waals surface area contributed by atoms with E-state index in [9.17, 15) is 17.6 Å². The van der Waals surface area contributed by atoms with Crippen LogP contribution < -0.4 is 16.2 Å². The van der Waals surface area contributed by atoms with Gasteiger partial charge in [0, 0.05) is 18.5 Å². The maximum Gasteiger partial charge on any atom is 0.266 e. The summed E-state index contributed by atoms with van der Waals surface area (Å²) in [4.78, 5) is 14.2. The van der Waals surface area contributed by atoms with E-state index in [0.717, 1.165) is 12.1 Å². The quantitative estimate of drug-likeness (QED) is 0.488. The molecule has 2 aromatic carbocycles. The molecular formula is C20H21FN4O5S. The molecular weight excluding hydrogens is 427 g/mol. The smallest absolute Gasteiger partial charge is 0.266 e. The standard InChI is InChI=1S/C20H21FN4O5S/c21-12-8-15-17(16(22)9-12)24-18(20(23)26)19(15)31(27,28)25-6-7-29-14(10-25)11-30-13-4-2-1-3-5-13/h1-5,8-9,14,24H,6-7,10-11,22H2,(H2,23,26). The number of hydrogen-bond donors (Lipinski definition) is 3. The monoisotopic (exact) mass is 448 g/mol. The van der Waals surface area contributed by atoms with Gasteiger partial charge in [0.15, 0.2) is 0 Å². The van der Waals surface area contributed by atoms with Crippen LogP contribution in [-0.4, -0.2) is 56.0 Å². The minimum atomic E-state index is -4.23. The highest BCUT2D eigenvalue weighted by molar-refractivity contribution is 7.89. The van der Waals surface area contributed by atoms with Crippen LogP contribution in [0, 0.1) is 5.82 Å². The topological polar surface area (TPSA) is 141 Å². The first kappa shape index (κ1) is 21.1. The Kier molecular flexibility index (Phi) is 5.56. The van der Waals surface area contributed by atoms with E-state index >= 15 is 0 Å². The maximum absolute atomic E-state index is 14.0. The molecule has 9 nitrogen and oxygen atoms in total. The number of ether oxygens (including phenoxy) is 2. The molecule has 11 heteroatoms. The van der Waals surface area contributed by atoms with Crippen molar-refractivity contribution < 1.29 is 27.1 Å². The summed E-state index contributed by atoms with van der Waals surface area (Å²) < 4.78 is 53.4. The number of fused-ring (bicyclic) bond motifs is 1. The number of anilines is 1. The third-order valence-electron chi connectivity index (χ3n) is 4.98. The van der Waals surface area contributed by atoms with Crippen molar-refractivity contribution in [3.05, 3.63) is 54.0 Å². The lowest BCUT2D eigenvalue weighted by molar-refractivity contribution is -0.0249. The van der Waals surface area contributed by atoms with Crippen LogP contribution in [0.5, 0.6) is 5.75 Å². The first-order valence-electron chi connectivity index (χ1n) is 9.47. The number of hydrogen-bond acceptors (Lipinski definition) is 6. The third-order valence-corrected chi connectivity index (χ3v) is 6.93. The lowest BCUT2D eigenvalue weighted by atomic mass is 10.2. The van der Waals surface area contributed by atoms with Crippen molar-refractivity contribution >= 4 is 32.5 Å². The van der Waals surface area contributed by atoms with Crippen LogP contribution in [0.2, 0.25) is 0 Å². The third kappa shape index (κ3) is 4.07. The van der Waals surface area contributed by atoms with Gasteiger partial charge in [0.05, 0.1) is 17.8 Å². The number of aromatic amines is 1. The number of sulfonamides is 1. The van der Waals surface area contributed by atoms with Gasteiger partial charge >= 0.3 is 0 Å². The molecule has 0 aliphatic carbocycles. The molecule has 2 heterocycles. The van der Waals surface area contributed by atoms with Crippen LogP contribution in [0.15, 0.2) is 47.4 Å². The van der Waals surface area contributed by atoms with Gasteiger partial charge in [0.1, 0.15) is 34.9 Å². The van der Waals surface area contributed by atoms with E-state index in [0.29, 0.717) is 5.75 Å². The molecule has 1 unspecified atom stereocenters. The molecule has 0 radical (unpaired) electrons. The van der Waals surface area contributed by atoms with Crippen LogP contribution >= 0.6 is 0 Å². The van der Waals surface area contributed by atoms with E-state index in [2.05, 4.69) is 4.98 Å². The average molecular weight is 448 g/mol. The minimum Gasteiger partial charge on any atom is -0.491 e. The molecule has 164 valence electrons.